The summed E-state index contributed by atoms with van der Waals surface area (Å²) in [4.78, 5) is 16.8. The SMILES string of the molecule is CC(C(=O)NC1CCS(=O)(=O)C1)N1CCN(c2ccccc2Cl)CC1. The summed E-state index contributed by atoms with van der Waals surface area (Å²) in [5.74, 6) is 0.141. The molecule has 2 aliphatic rings. The molecule has 3 rings (SSSR count). The summed E-state index contributed by atoms with van der Waals surface area (Å²) in [5, 5.41) is 3.63. The molecular weight excluding hydrogens is 362 g/mol. The molecule has 2 fully saturated rings. The summed E-state index contributed by atoms with van der Waals surface area (Å²) in [6.07, 6.45) is 0.515. The molecule has 138 valence electrons. The fraction of sp³-hybridized carbons (Fsp3) is 0.588. The van der Waals surface area contributed by atoms with Crippen LogP contribution in [0, 0.1) is 0 Å². The Balaban J connectivity index is 1.52. The van der Waals surface area contributed by atoms with Crippen LogP contribution in [0.25, 0.3) is 0 Å². The number of sulfone groups is 1. The van der Waals surface area contributed by atoms with Gasteiger partial charge < -0.3 is 10.2 Å². The zero-order valence-corrected chi connectivity index (χ0v) is 15.9. The van der Waals surface area contributed by atoms with Gasteiger partial charge in [0.2, 0.25) is 5.91 Å². The van der Waals surface area contributed by atoms with E-state index in [0.717, 1.165) is 36.9 Å². The normalized spacial score (nSPS) is 24.9. The van der Waals surface area contributed by atoms with Gasteiger partial charge in [0.25, 0.3) is 0 Å². The molecule has 0 bridgehead atoms. The van der Waals surface area contributed by atoms with E-state index in [2.05, 4.69) is 15.1 Å². The molecule has 2 aliphatic heterocycles. The highest BCUT2D eigenvalue weighted by Gasteiger charge is 2.32. The van der Waals surface area contributed by atoms with Gasteiger partial charge in [0.05, 0.1) is 28.3 Å². The number of carbonyl (C=O) groups excluding carboxylic acids is 1. The van der Waals surface area contributed by atoms with E-state index in [1.54, 1.807) is 0 Å². The fourth-order valence-electron chi connectivity index (χ4n) is 3.45. The number of hydrogen-bond acceptors (Lipinski definition) is 5. The lowest BCUT2D eigenvalue weighted by Crippen LogP contribution is -2.55. The topological polar surface area (TPSA) is 69.7 Å². The summed E-state index contributed by atoms with van der Waals surface area (Å²) in [5.41, 5.74) is 1.03. The van der Waals surface area contributed by atoms with Crippen molar-refractivity contribution in [1.82, 2.24) is 10.2 Å². The zero-order valence-electron chi connectivity index (χ0n) is 14.3. The third-order valence-electron chi connectivity index (χ3n) is 5.01. The number of anilines is 1. The minimum Gasteiger partial charge on any atom is -0.368 e. The van der Waals surface area contributed by atoms with Crippen molar-refractivity contribution in [3.05, 3.63) is 29.3 Å². The highest BCUT2D eigenvalue weighted by atomic mass is 35.5. The number of nitrogens with one attached hydrogen (secondary N) is 1. The van der Waals surface area contributed by atoms with Gasteiger partial charge in [-0.15, -0.1) is 0 Å². The van der Waals surface area contributed by atoms with Crippen molar-refractivity contribution in [2.24, 2.45) is 0 Å². The van der Waals surface area contributed by atoms with Gasteiger partial charge in [0.15, 0.2) is 9.84 Å². The Morgan fingerprint density at radius 2 is 1.92 bits per heavy atom. The zero-order chi connectivity index (χ0) is 18.0. The summed E-state index contributed by atoms with van der Waals surface area (Å²) >= 11 is 6.26. The van der Waals surface area contributed by atoms with E-state index in [0.29, 0.717) is 6.42 Å². The lowest BCUT2D eigenvalue weighted by Gasteiger charge is -2.39. The maximum absolute atomic E-state index is 12.4. The van der Waals surface area contributed by atoms with E-state index in [-0.39, 0.29) is 29.5 Å². The molecule has 0 spiro atoms. The average molecular weight is 386 g/mol. The van der Waals surface area contributed by atoms with Crippen molar-refractivity contribution in [3.8, 4) is 0 Å². The van der Waals surface area contributed by atoms with Crippen molar-refractivity contribution in [2.45, 2.75) is 25.4 Å². The largest absolute Gasteiger partial charge is 0.368 e. The predicted molar refractivity (Wildman–Crippen MR) is 99.9 cm³/mol. The maximum Gasteiger partial charge on any atom is 0.237 e. The molecule has 25 heavy (non-hydrogen) atoms. The van der Waals surface area contributed by atoms with Crippen molar-refractivity contribution in [1.29, 1.82) is 0 Å². The molecule has 2 atom stereocenters. The quantitative estimate of drug-likeness (QED) is 0.842. The molecule has 1 aromatic carbocycles. The Labute approximate surface area is 154 Å². The van der Waals surface area contributed by atoms with E-state index in [1.807, 2.05) is 31.2 Å². The molecule has 0 aromatic heterocycles. The molecule has 0 radical (unpaired) electrons. The van der Waals surface area contributed by atoms with Gasteiger partial charge in [-0.1, -0.05) is 23.7 Å². The first-order chi connectivity index (χ1) is 11.9. The summed E-state index contributed by atoms with van der Waals surface area (Å²) in [6.45, 7) is 5.02. The molecule has 2 heterocycles. The smallest absolute Gasteiger partial charge is 0.237 e. The number of halogens is 1. The van der Waals surface area contributed by atoms with Crippen LogP contribution in [0.1, 0.15) is 13.3 Å². The number of piperazine rings is 1. The lowest BCUT2D eigenvalue weighted by atomic mass is 10.1. The van der Waals surface area contributed by atoms with Crippen LogP contribution in [0.3, 0.4) is 0 Å². The molecule has 0 aliphatic carbocycles. The van der Waals surface area contributed by atoms with Crippen LogP contribution in [0.2, 0.25) is 5.02 Å². The second-order valence-electron chi connectivity index (χ2n) is 6.76. The van der Waals surface area contributed by atoms with E-state index < -0.39 is 9.84 Å². The first kappa shape index (κ1) is 18.5. The van der Waals surface area contributed by atoms with Gasteiger partial charge >= 0.3 is 0 Å². The van der Waals surface area contributed by atoms with Crippen LogP contribution in [-0.2, 0) is 14.6 Å². The van der Waals surface area contributed by atoms with Gasteiger partial charge in [0.1, 0.15) is 0 Å². The van der Waals surface area contributed by atoms with Crippen LogP contribution >= 0.6 is 11.6 Å². The minimum absolute atomic E-state index is 0.0613. The molecule has 1 N–H and O–H groups in total. The van der Waals surface area contributed by atoms with Gasteiger partial charge in [-0.25, -0.2) is 8.42 Å². The van der Waals surface area contributed by atoms with Crippen molar-refractivity contribution < 1.29 is 13.2 Å². The third kappa shape index (κ3) is 4.46. The fourth-order valence-corrected chi connectivity index (χ4v) is 5.38. The summed E-state index contributed by atoms with van der Waals surface area (Å²) < 4.78 is 23.0. The lowest BCUT2D eigenvalue weighted by molar-refractivity contribution is -0.126. The summed E-state index contributed by atoms with van der Waals surface area (Å²) in [6, 6.07) is 7.27. The number of hydrogen-bond donors (Lipinski definition) is 1. The number of nitrogens with zero attached hydrogens (tertiary/aromatic N) is 2. The Morgan fingerprint density at radius 1 is 1.24 bits per heavy atom. The molecule has 2 saturated heterocycles. The van der Waals surface area contributed by atoms with Gasteiger partial charge in [-0.05, 0) is 25.5 Å². The molecular formula is C17H24ClN3O3S. The van der Waals surface area contributed by atoms with E-state index in [9.17, 15) is 13.2 Å². The molecule has 2 unspecified atom stereocenters. The first-order valence-corrected chi connectivity index (χ1v) is 10.8. The van der Waals surface area contributed by atoms with Crippen LogP contribution in [0.15, 0.2) is 24.3 Å². The number of rotatable bonds is 4. The minimum atomic E-state index is -2.98. The highest BCUT2D eigenvalue weighted by molar-refractivity contribution is 7.91. The molecule has 1 aromatic rings. The maximum atomic E-state index is 12.4. The first-order valence-electron chi connectivity index (χ1n) is 8.60. The van der Waals surface area contributed by atoms with Crippen molar-refractivity contribution >= 4 is 33.0 Å². The van der Waals surface area contributed by atoms with Crippen molar-refractivity contribution in [2.75, 3.05) is 42.6 Å². The Morgan fingerprint density at radius 3 is 2.52 bits per heavy atom. The van der Waals surface area contributed by atoms with Crippen molar-refractivity contribution in [3.63, 3.8) is 0 Å². The predicted octanol–water partition coefficient (Wildman–Crippen LogP) is 1.15. The summed E-state index contributed by atoms with van der Waals surface area (Å²) in [7, 11) is -2.98. The van der Waals surface area contributed by atoms with Crippen LogP contribution in [0.5, 0.6) is 0 Å². The molecule has 0 saturated carbocycles. The second-order valence-corrected chi connectivity index (χ2v) is 9.39. The molecule has 8 heteroatoms. The molecule has 6 nitrogen and oxygen atoms in total. The van der Waals surface area contributed by atoms with Gasteiger partial charge in [-0.2, -0.15) is 0 Å². The highest BCUT2D eigenvalue weighted by Crippen LogP contribution is 2.26. The third-order valence-corrected chi connectivity index (χ3v) is 7.10. The number of benzene rings is 1. The Kier molecular flexibility index (Phi) is 5.55. The monoisotopic (exact) mass is 385 g/mol. The number of carbonyl (C=O) groups is 1. The van der Waals surface area contributed by atoms with Gasteiger partial charge in [0, 0.05) is 32.2 Å². The van der Waals surface area contributed by atoms with E-state index in [1.165, 1.54) is 0 Å². The Hall–Kier alpha value is -1.31. The van der Waals surface area contributed by atoms with Crippen LogP contribution in [0.4, 0.5) is 5.69 Å². The standard InChI is InChI=1S/C17H24ClN3O3S/c1-13(17(22)19-14-6-11-25(23,24)12-14)20-7-9-21(10-8-20)16-5-3-2-4-15(16)18/h2-5,13-14H,6-12H2,1H3,(H,19,22). The molecule has 1 amide bonds. The second kappa shape index (κ2) is 7.51. The van der Waals surface area contributed by atoms with E-state index in [4.69, 9.17) is 11.6 Å². The van der Waals surface area contributed by atoms with Gasteiger partial charge in [-0.3, -0.25) is 9.69 Å². The van der Waals surface area contributed by atoms with Crippen LogP contribution in [-0.4, -0.2) is 69.0 Å². The van der Waals surface area contributed by atoms with Crippen LogP contribution < -0.4 is 10.2 Å². The number of para-hydroxylation sites is 1. The van der Waals surface area contributed by atoms with E-state index >= 15 is 0 Å². The average Bonchev–Trinajstić information content (AvgIpc) is 2.93. The number of amides is 1. The Bertz CT molecular complexity index is 732.